The van der Waals surface area contributed by atoms with Gasteiger partial charge in [0.15, 0.2) is 0 Å². The van der Waals surface area contributed by atoms with Gasteiger partial charge in [0.25, 0.3) is 0 Å². The van der Waals surface area contributed by atoms with Crippen molar-refractivity contribution in [3.63, 3.8) is 0 Å². The monoisotopic (exact) mass is 340 g/mol. The number of alkyl halides is 3. The number of hydrogen-bond acceptors (Lipinski definition) is 2. The van der Waals surface area contributed by atoms with Gasteiger partial charge in [-0.05, 0) is 31.2 Å². The van der Waals surface area contributed by atoms with Gasteiger partial charge >= 0.3 is 12.1 Å². The first kappa shape index (κ1) is 17.3. The summed E-state index contributed by atoms with van der Waals surface area (Å²) in [5, 5.41) is 0. The van der Waals surface area contributed by atoms with Crippen LogP contribution in [0.1, 0.15) is 37.7 Å². The molecular weight excluding hydrogens is 317 g/mol. The Kier molecular flexibility index (Phi) is 4.85. The molecule has 1 aromatic rings. The maximum Gasteiger partial charge on any atom is 0.471 e. The summed E-state index contributed by atoms with van der Waals surface area (Å²) in [5.74, 6) is -1.72. The number of hydrogen-bond donors (Lipinski definition) is 0. The van der Waals surface area contributed by atoms with Crippen molar-refractivity contribution in [2.24, 2.45) is 0 Å². The number of nitrogens with zero attached hydrogens (tertiary/aromatic N) is 2. The zero-order valence-corrected chi connectivity index (χ0v) is 13.8. The van der Waals surface area contributed by atoms with E-state index in [-0.39, 0.29) is 18.1 Å². The van der Waals surface area contributed by atoms with Gasteiger partial charge in [-0.15, -0.1) is 0 Å². The molecule has 2 aliphatic heterocycles. The van der Waals surface area contributed by atoms with E-state index in [1.807, 2.05) is 18.2 Å². The lowest BCUT2D eigenvalue weighted by molar-refractivity contribution is -0.188. The van der Waals surface area contributed by atoms with Crippen molar-refractivity contribution in [1.29, 1.82) is 0 Å². The molecule has 0 aliphatic carbocycles. The number of amides is 1. The molecule has 1 amide bonds. The van der Waals surface area contributed by atoms with Crippen LogP contribution in [0, 0.1) is 0 Å². The minimum Gasteiger partial charge on any atom is -0.335 e. The van der Waals surface area contributed by atoms with Gasteiger partial charge in [0, 0.05) is 31.7 Å². The van der Waals surface area contributed by atoms with Crippen molar-refractivity contribution in [1.82, 2.24) is 9.80 Å². The fourth-order valence-corrected chi connectivity index (χ4v) is 4.18. The van der Waals surface area contributed by atoms with E-state index >= 15 is 0 Å². The SMILES string of the molecule is CN(C(=O)C(F)(F)F)[C@@H]1C[C@H]2CCC[C@@H](C1)N2Cc1ccccc1. The van der Waals surface area contributed by atoms with Crippen LogP contribution in [0.4, 0.5) is 13.2 Å². The second-order valence-electron chi connectivity index (χ2n) is 6.94. The summed E-state index contributed by atoms with van der Waals surface area (Å²) in [5.41, 5.74) is 1.23. The lowest BCUT2D eigenvalue weighted by atomic mass is 9.81. The fraction of sp³-hybridized carbons (Fsp3) is 0.611. The Morgan fingerprint density at radius 3 is 2.29 bits per heavy atom. The van der Waals surface area contributed by atoms with E-state index in [4.69, 9.17) is 0 Å². The second kappa shape index (κ2) is 6.75. The Balaban J connectivity index is 1.70. The topological polar surface area (TPSA) is 23.6 Å². The molecule has 2 saturated heterocycles. The Morgan fingerprint density at radius 1 is 1.17 bits per heavy atom. The third-order valence-electron chi connectivity index (χ3n) is 5.42. The molecule has 24 heavy (non-hydrogen) atoms. The number of rotatable bonds is 3. The smallest absolute Gasteiger partial charge is 0.335 e. The molecule has 2 aliphatic rings. The normalized spacial score (nSPS) is 27.8. The molecule has 0 aromatic heterocycles. The summed E-state index contributed by atoms with van der Waals surface area (Å²) in [7, 11) is 1.29. The molecule has 132 valence electrons. The number of benzene rings is 1. The van der Waals surface area contributed by atoms with E-state index in [0.717, 1.165) is 30.7 Å². The molecular formula is C18H23F3N2O. The molecule has 0 N–H and O–H groups in total. The highest BCUT2D eigenvalue weighted by atomic mass is 19.4. The van der Waals surface area contributed by atoms with Gasteiger partial charge in [-0.25, -0.2) is 0 Å². The molecule has 0 saturated carbocycles. The summed E-state index contributed by atoms with van der Waals surface area (Å²) in [6, 6.07) is 10.4. The molecule has 2 heterocycles. The first-order chi connectivity index (χ1) is 11.4. The third kappa shape index (κ3) is 3.58. The largest absolute Gasteiger partial charge is 0.471 e. The van der Waals surface area contributed by atoms with E-state index in [1.54, 1.807) is 0 Å². The van der Waals surface area contributed by atoms with Crippen LogP contribution in [0.15, 0.2) is 30.3 Å². The highest BCUT2D eigenvalue weighted by Gasteiger charge is 2.46. The van der Waals surface area contributed by atoms with Crippen molar-refractivity contribution in [3.8, 4) is 0 Å². The van der Waals surface area contributed by atoms with Gasteiger partial charge in [-0.2, -0.15) is 13.2 Å². The minimum absolute atomic E-state index is 0.256. The quantitative estimate of drug-likeness (QED) is 0.839. The van der Waals surface area contributed by atoms with Crippen molar-refractivity contribution < 1.29 is 18.0 Å². The summed E-state index contributed by atoms with van der Waals surface area (Å²) >= 11 is 0. The molecule has 6 heteroatoms. The lowest BCUT2D eigenvalue weighted by Crippen LogP contribution is -2.57. The van der Waals surface area contributed by atoms with E-state index in [0.29, 0.717) is 12.8 Å². The van der Waals surface area contributed by atoms with Crippen LogP contribution in [0.25, 0.3) is 0 Å². The molecule has 0 radical (unpaired) electrons. The van der Waals surface area contributed by atoms with Crippen LogP contribution in [-0.2, 0) is 11.3 Å². The zero-order valence-electron chi connectivity index (χ0n) is 13.8. The maximum atomic E-state index is 12.7. The Labute approximate surface area is 140 Å². The van der Waals surface area contributed by atoms with Crippen LogP contribution >= 0.6 is 0 Å². The van der Waals surface area contributed by atoms with Gasteiger partial charge < -0.3 is 4.90 Å². The highest BCUT2D eigenvalue weighted by Crippen LogP contribution is 2.37. The third-order valence-corrected chi connectivity index (χ3v) is 5.42. The second-order valence-corrected chi connectivity index (χ2v) is 6.94. The van der Waals surface area contributed by atoms with Crippen LogP contribution < -0.4 is 0 Å². The molecule has 3 nitrogen and oxygen atoms in total. The number of carbonyl (C=O) groups is 1. The lowest BCUT2D eigenvalue weighted by Gasteiger charge is -2.50. The van der Waals surface area contributed by atoms with Gasteiger partial charge in [-0.3, -0.25) is 9.69 Å². The van der Waals surface area contributed by atoms with Crippen LogP contribution in [0.2, 0.25) is 0 Å². The van der Waals surface area contributed by atoms with Crippen molar-refractivity contribution in [2.45, 2.75) is 63.0 Å². The first-order valence-corrected chi connectivity index (χ1v) is 8.50. The van der Waals surface area contributed by atoms with Gasteiger partial charge in [0.2, 0.25) is 0 Å². The predicted octanol–water partition coefficient (Wildman–Crippen LogP) is 3.59. The fourth-order valence-electron chi connectivity index (χ4n) is 4.18. The first-order valence-electron chi connectivity index (χ1n) is 8.50. The van der Waals surface area contributed by atoms with E-state index in [2.05, 4.69) is 17.0 Å². The van der Waals surface area contributed by atoms with E-state index in [1.165, 1.54) is 12.6 Å². The van der Waals surface area contributed by atoms with Gasteiger partial charge in [-0.1, -0.05) is 36.8 Å². The molecule has 2 fully saturated rings. The molecule has 1 aromatic carbocycles. The summed E-state index contributed by atoms with van der Waals surface area (Å²) in [4.78, 5) is 14.9. The molecule has 3 rings (SSSR count). The summed E-state index contributed by atoms with van der Waals surface area (Å²) in [6.45, 7) is 0.833. The van der Waals surface area contributed by atoms with Crippen LogP contribution in [0.5, 0.6) is 0 Å². The zero-order chi connectivity index (χ0) is 17.3. The van der Waals surface area contributed by atoms with Crippen LogP contribution in [0.3, 0.4) is 0 Å². The number of carbonyl (C=O) groups excluding carboxylic acids is 1. The van der Waals surface area contributed by atoms with E-state index in [9.17, 15) is 18.0 Å². The maximum absolute atomic E-state index is 12.7. The number of halogens is 3. The molecule has 2 bridgehead atoms. The predicted molar refractivity (Wildman–Crippen MR) is 85.3 cm³/mol. The molecule has 3 atom stereocenters. The van der Waals surface area contributed by atoms with Crippen molar-refractivity contribution in [3.05, 3.63) is 35.9 Å². The average Bonchev–Trinajstić information content (AvgIpc) is 2.53. The minimum atomic E-state index is -4.79. The Hall–Kier alpha value is -1.56. The Morgan fingerprint density at radius 2 is 1.75 bits per heavy atom. The summed E-state index contributed by atoms with van der Waals surface area (Å²) < 4.78 is 38.1. The van der Waals surface area contributed by atoms with Crippen LogP contribution in [-0.4, -0.2) is 47.1 Å². The molecule has 0 spiro atoms. The summed E-state index contributed by atoms with van der Waals surface area (Å²) in [6.07, 6.45) is -0.430. The van der Waals surface area contributed by atoms with Gasteiger partial charge in [0.05, 0.1) is 0 Å². The molecule has 0 unspecified atom stereocenters. The van der Waals surface area contributed by atoms with E-state index < -0.39 is 12.1 Å². The highest BCUT2D eigenvalue weighted by molar-refractivity contribution is 5.81. The van der Waals surface area contributed by atoms with Crippen molar-refractivity contribution >= 4 is 5.91 Å². The van der Waals surface area contributed by atoms with Crippen molar-refractivity contribution in [2.75, 3.05) is 7.05 Å². The Bertz CT molecular complexity index is 561. The standard InChI is InChI=1S/C18H23F3N2O/c1-22(17(24)18(19,20)21)16-10-14-8-5-9-15(11-16)23(14)12-13-6-3-2-4-7-13/h2-4,6-7,14-16H,5,8-12H2,1H3/t14-,15+,16-. The average molecular weight is 340 g/mol. The van der Waals surface area contributed by atoms with Gasteiger partial charge in [0.1, 0.15) is 0 Å². The number of piperidine rings is 2. The number of fused-ring (bicyclic) bond motifs is 2.